The highest BCUT2D eigenvalue weighted by Gasteiger charge is 2.10. The second-order valence-corrected chi connectivity index (χ2v) is 3.85. The molecule has 0 aliphatic rings. The number of nitrogens with zero attached hydrogens (tertiary/aromatic N) is 2. The molecule has 0 spiro atoms. The van der Waals surface area contributed by atoms with E-state index in [9.17, 15) is 4.39 Å². The van der Waals surface area contributed by atoms with Crippen molar-refractivity contribution < 1.29 is 4.39 Å². The van der Waals surface area contributed by atoms with Gasteiger partial charge in [-0.05, 0) is 18.6 Å². The van der Waals surface area contributed by atoms with Gasteiger partial charge in [-0.1, -0.05) is 6.92 Å². The van der Waals surface area contributed by atoms with Gasteiger partial charge in [0.2, 0.25) is 0 Å². The summed E-state index contributed by atoms with van der Waals surface area (Å²) in [6.45, 7) is 2.78. The summed E-state index contributed by atoms with van der Waals surface area (Å²) < 4.78 is 12.8. The highest BCUT2D eigenvalue weighted by atomic mass is 19.1. The summed E-state index contributed by atoms with van der Waals surface area (Å²) in [5.74, 6) is -0.307. The van der Waals surface area contributed by atoms with E-state index >= 15 is 0 Å². The Hall–Kier alpha value is -1.75. The smallest absolute Gasteiger partial charge is 0.141 e. The molecule has 0 radical (unpaired) electrons. The average Bonchev–Trinajstić information content (AvgIpc) is 2.85. The molecule has 0 saturated heterocycles. The third kappa shape index (κ3) is 3.10. The van der Waals surface area contributed by atoms with Gasteiger partial charge in [0.05, 0.1) is 18.1 Å². The molecule has 2 aromatic heterocycles. The molecule has 2 rings (SSSR count). The molecule has 0 fully saturated rings. The molecule has 0 bridgehead atoms. The fourth-order valence-electron chi connectivity index (χ4n) is 1.67. The summed E-state index contributed by atoms with van der Waals surface area (Å²) in [4.78, 5) is 4.09. The molecule has 4 nitrogen and oxygen atoms in total. The van der Waals surface area contributed by atoms with Crippen LogP contribution in [0.3, 0.4) is 0 Å². The van der Waals surface area contributed by atoms with Crippen LogP contribution in [-0.4, -0.2) is 15.2 Å². The normalized spacial score (nSPS) is 12.6. The maximum atomic E-state index is 12.8. The van der Waals surface area contributed by atoms with Crippen LogP contribution in [0.4, 0.5) is 4.39 Å². The first-order valence-corrected chi connectivity index (χ1v) is 5.62. The molecule has 90 valence electrons. The van der Waals surface area contributed by atoms with E-state index in [0.717, 1.165) is 17.7 Å². The number of hydrogen-bond donors (Lipinski definition) is 2. The molecule has 17 heavy (non-hydrogen) atoms. The van der Waals surface area contributed by atoms with Crippen molar-refractivity contribution >= 4 is 0 Å². The number of rotatable bonds is 5. The summed E-state index contributed by atoms with van der Waals surface area (Å²) in [6.07, 6.45) is 5.77. The molecule has 5 heteroatoms. The molecule has 2 aromatic rings. The molecule has 2 heterocycles. The van der Waals surface area contributed by atoms with Gasteiger partial charge in [-0.15, -0.1) is 0 Å². The zero-order valence-corrected chi connectivity index (χ0v) is 9.65. The third-order valence-electron chi connectivity index (χ3n) is 2.62. The Morgan fingerprint density at radius 3 is 2.88 bits per heavy atom. The fraction of sp³-hybridized carbons (Fsp3) is 0.333. The molecule has 0 aliphatic carbocycles. The number of halogens is 1. The number of nitrogens with one attached hydrogen (secondary N) is 2. The standard InChI is InChI=1S/C12H15FN4/c1-2-11(12-4-3-10(13)8-15-12)14-5-9-6-16-17-7-9/h3-4,6-8,11,14H,2,5H2,1H3,(H,16,17). The number of H-pyrrole nitrogens is 1. The first-order chi connectivity index (χ1) is 8.29. The van der Waals surface area contributed by atoms with Gasteiger partial charge in [-0.3, -0.25) is 10.1 Å². The van der Waals surface area contributed by atoms with Crippen LogP contribution in [0.25, 0.3) is 0 Å². The van der Waals surface area contributed by atoms with Crippen molar-refractivity contribution in [2.75, 3.05) is 0 Å². The van der Waals surface area contributed by atoms with Crippen LogP contribution < -0.4 is 5.32 Å². The van der Waals surface area contributed by atoms with Crippen LogP contribution >= 0.6 is 0 Å². The van der Waals surface area contributed by atoms with Crippen molar-refractivity contribution in [1.82, 2.24) is 20.5 Å². The van der Waals surface area contributed by atoms with E-state index < -0.39 is 0 Å². The highest BCUT2D eigenvalue weighted by Crippen LogP contribution is 2.14. The predicted octanol–water partition coefficient (Wildman–Crippen LogP) is 2.18. The van der Waals surface area contributed by atoms with Crippen molar-refractivity contribution in [1.29, 1.82) is 0 Å². The lowest BCUT2D eigenvalue weighted by atomic mass is 10.1. The summed E-state index contributed by atoms with van der Waals surface area (Å²) in [6, 6.07) is 3.28. The van der Waals surface area contributed by atoms with E-state index in [1.54, 1.807) is 12.3 Å². The summed E-state index contributed by atoms with van der Waals surface area (Å²) >= 11 is 0. The van der Waals surface area contributed by atoms with Crippen molar-refractivity contribution in [2.24, 2.45) is 0 Å². The second-order valence-electron chi connectivity index (χ2n) is 3.85. The summed E-state index contributed by atoms with van der Waals surface area (Å²) in [7, 11) is 0. The van der Waals surface area contributed by atoms with Crippen LogP contribution in [0.15, 0.2) is 30.7 Å². The van der Waals surface area contributed by atoms with Gasteiger partial charge in [0.25, 0.3) is 0 Å². The van der Waals surface area contributed by atoms with Gasteiger partial charge in [0.15, 0.2) is 0 Å². The molecular weight excluding hydrogens is 219 g/mol. The Labute approximate surface area is 99.3 Å². The lowest BCUT2D eigenvalue weighted by molar-refractivity contribution is 0.504. The average molecular weight is 234 g/mol. The zero-order valence-electron chi connectivity index (χ0n) is 9.65. The third-order valence-corrected chi connectivity index (χ3v) is 2.62. The SMILES string of the molecule is CCC(NCc1cn[nH]c1)c1ccc(F)cn1. The first kappa shape index (κ1) is 11.7. The maximum Gasteiger partial charge on any atom is 0.141 e. The van der Waals surface area contributed by atoms with Gasteiger partial charge in [-0.2, -0.15) is 5.10 Å². The summed E-state index contributed by atoms with van der Waals surface area (Å²) in [5, 5.41) is 10.0. The molecule has 0 amide bonds. The Bertz CT molecular complexity index is 438. The van der Waals surface area contributed by atoms with Crippen LogP contribution in [0.2, 0.25) is 0 Å². The molecule has 0 aliphatic heterocycles. The number of pyridine rings is 1. The summed E-state index contributed by atoms with van der Waals surface area (Å²) in [5.41, 5.74) is 1.95. The molecule has 0 aromatic carbocycles. The van der Waals surface area contributed by atoms with Crippen molar-refractivity contribution in [3.05, 3.63) is 47.8 Å². The highest BCUT2D eigenvalue weighted by molar-refractivity contribution is 5.10. The minimum absolute atomic E-state index is 0.130. The largest absolute Gasteiger partial charge is 0.304 e. The first-order valence-electron chi connectivity index (χ1n) is 5.62. The van der Waals surface area contributed by atoms with Crippen LogP contribution in [0.5, 0.6) is 0 Å². The minimum atomic E-state index is -0.307. The van der Waals surface area contributed by atoms with Crippen LogP contribution in [0.1, 0.15) is 30.6 Å². The Kier molecular flexibility index (Phi) is 3.82. The van der Waals surface area contributed by atoms with E-state index in [0.29, 0.717) is 6.54 Å². The van der Waals surface area contributed by atoms with E-state index in [1.807, 2.05) is 6.20 Å². The van der Waals surface area contributed by atoms with Gasteiger partial charge in [-0.25, -0.2) is 4.39 Å². The van der Waals surface area contributed by atoms with Gasteiger partial charge < -0.3 is 5.32 Å². The van der Waals surface area contributed by atoms with Gasteiger partial charge >= 0.3 is 0 Å². The van der Waals surface area contributed by atoms with Crippen molar-refractivity contribution in [2.45, 2.75) is 25.9 Å². The van der Waals surface area contributed by atoms with E-state index in [1.165, 1.54) is 12.3 Å². The number of aromatic amines is 1. The van der Waals surface area contributed by atoms with E-state index in [-0.39, 0.29) is 11.9 Å². The monoisotopic (exact) mass is 234 g/mol. The minimum Gasteiger partial charge on any atom is -0.304 e. The Morgan fingerprint density at radius 2 is 2.29 bits per heavy atom. The molecule has 1 unspecified atom stereocenters. The van der Waals surface area contributed by atoms with Crippen molar-refractivity contribution in [3.63, 3.8) is 0 Å². The zero-order chi connectivity index (χ0) is 12.1. The van der Waals surface area contributed by atoms with Crippen LogP contribution in [-0.2, 0) is 6.54 Å². The maximum absolute atomic E-state index is 12.8. The molecular formula is C12H15FN4. The Balaban J connectivity index is 1.99. The molecule has 1 atom stereocenters. The lowest BCUT2D eigenvalue weighted by Crippen LogP contribution is -2.21. The predicted molar refractivity (Wildman–Crippen MR) is 62.7 cm³/mol. The molecule has 2 N–H and O–H groups in total. The second kappa shape index (κ2) is 5.54. The van der Waals surface area contributed by atoms with Crippen molar-refractivity contribution in [3.8, 4) is 0 Å². The van der Waals surface area contributed by atoms with Crippen LogP contribution in [0, 0.1) is 5.82 Å². The van der Waals surface area contributed by atoms with E-state index in [4.69, 9.17) is 0 Å². The lowest BCUT2D eigenvalue weighted by Gasteiger charge is -2.15. The number of hydrogen-bond acceptors (Lipinski definition) is 3. The Morgan fingerprint density at radius 1 is 1.41 bits per heavy atom. The quantitative estimate of drug-likeness (QED) is 0.833. The van der Waals surface area contributed by atoms with Gasteiger partial charge in [0, 0.05) is 24.3 Å². The van der Waals surface area contributed by atoms with Gasteiger partial charge in [0.1, 0.15) is 5.82 Å². The topological polar surface area (TPSA) is 53.6 Å². The van der Waals surface area contributed by atoms with E-state index in [2.05, 4.69) is 27.4 Å². The fourth-order valence-corrected chi connectivity index (χ4v) is 1.67. The number of aromatic nitrogens is 3. The molecule has 0 saturated carbocycles.